The molecule has 0 aliphatic heterocycles. The molecule has 0 unspecified atom stereocenters. The summed E-state index contributed by atoms with van der Waals surface area (Å²) < 4.78 is 8.16. The predicted octanol–water partition coefficient (Wildman–Crippen LogP) is 14.9. The van der Waals surface area contributed by atoms with Gasteiger partial charge in [-0.2, -0.15) is 0 Å². The van der Waals surface area contributed by atoms with E-state index in [1.807, 2.05) is 12.3 Å². The lowest BCUT2D eigenvalue weighted by molar-refractivity contribution is 0.446. The van der Waals surface area contributed by atoms with Gasteiger partial charge >= 0.3 is 0 Å². The van der Waals surface area contributed by atoms with Gasteiger partial charge in [-0.25, -0.2) is 4.98 Å². The van der Waals surface area contributed by atoms with Crippen molar-refractivity contribution in [2.45, 2.75) is 52.4 Å². The fraction of sp³-hybridized carbons (Fsp3) is 0.154. The van der Waals surface area contributed by atoms with Crippen LogP contribution in [-0.4, -0.2) is 15.1 Å². The summed E-state index contributed by atoms with van der Waals surface area (Å²) in [5, 5.41) is 19.3. The summed E-state index contributed by atoms with van der Waals surface area (Å²) in [6, 6.07) is 47.1. The number of hydrogen-bond donors (Lipinski definition) is 1. The Morgan fingerprint density at radius 1 is 0.561 bits per heavy atom. The quantitative estimate of drug-likeness (QED) is 0.182. The molecule has 0 radical (unpaired) electrons. The maximum absolute atomic E-state index is 11.9. The molecular formula is C52H42N2O2S. The molecule has 10 rings (SSSR count). The molecule has 4 nitrogen and oxygen atoms in total. The lowest BCUT2D eigenvalue weighted by Gasteiger charge is -2.27. The van der Waals surface area contributed by atoms with E-state index in [0.717, 1.165) is 98.0 Å². The number of pyridine rings is 1. The monoisotopic (exact) mass is 758 g/mol. The Kier molecular flexibility index (Phi) is 7.93. The van der Waals surface area contributed by atoms with Crippen LogP contribution in [-0.2, 0) is 10.8 Å². The molecule has 3 aromatic heterocycles. The van der Waals surface area contributed by atoms with E-state index in [9.17, 15) is 5.11 Å². The van der Waals surface area contributed by atoms with Gasteiger partial charge in [-0.15, -0.1) is 11.3 Å². The smallest absolute Gasteiger partial charge is 0.143 e. The van der Waals surface area contributed by atoms with Crippen molar-refractivity contribution in [3.05, 3.63) is 151 Å². The minimum Gasteiger partial charge on any atom is -0.507 e. The van der Waals surface area contributed by atoms with Gasteiger partial charge in [0.2, 0.25) is 0 Å². The third-order valence-corrected chi connectivity index (χ3v) is 12.4. The SMILES string of the molecule is CC(C)(C)c1cc(-c2nc3c(-c4cc(-c5cc(-c6ccccc6)ccn5)cc5c4oc4c5ccc5ccc6ccccc6c54)cccc3s2)c(O)c(C(C)(C)C)c1. The van der Waals surface area contributed by atoms with Gasteiger partial charge in [-0.1, -0.05) is 133 Å². The molecule has 278 valence electrons. The normalized spacial score (nSPS) is 12.5. The summed E-state index contributed by atoms with van der Waals surface area (Å²) in [7, 11) is 0. The maximum Gasteiger partial charge on any atom is 0.143 e. The first-order chi connectivity index (χ1) is 27.4. The minimum atomic E-state index is -0.253. The molecule has 0 saturated carbocycles. The standard InChI is InChI=1S/C52H42N2O2S/c1-51(2,3)35-28-41(47(55)42(29-35)52(4,5)6)50-54-46-37(17-12-18-44(46)57-50)39-25-34(43-27-33(23-24-53-43)30-13-8-7-9-14-30)26-40-38-22-21-32-20-19-31-15-10-11-16-36(31)45(32)49(38)56-48(39)40/h7-29,55H,1-6H3. The van der Waals surface area contributed by atoms with Crippen LogP contribution in [0.15, 0.2) is 144 Å². The number of para-hydroxylation sites is 1. The Hall–Kier alpha value is -6.30. The fourth-order valence-corrected chi connectivity index (χ4v) is 9.26. The number of aromatic nitrogens is 2. The average Bonchev–Trinajstić information content (AvgIpc) is 3.82. The van der Waals surface area contributed by atoms with E-state index in [1.165, 1.54) is 10.9 Å². The largest absolute Gasteiger partial charge is 0.507 e. The van der Waals surface area contributed by atoms with Crippen LogP contribution >= 0.6 is 11.3 Å². The molecule has 0 amide bonds. The Morgan fingerprint density at radius 3 is 2.14 bits per heavy atom. The first kappa shape index (κ1) is 35.1. The zero-order valence-corrected chi connectivity index (χ0v) is 33.8. The van der Waals surface area contributed by atoms with Crippen molar-refractivity contribution in [1.82, 2.24) is 9.97 Å². The number of furan rings is 1. The van der Waals surface area contributed by atoms with E-state index in [4.69, 9.17) is 14.4 Å². The van der Waals surface area contributed by atoms with Crippen molar-refractivity contribution >= 4 is 65.0 Å². The fourth-order valence-electron chi connectivity index (χ4n) is 8.25. The molecule has 7 aromatic carbocycles. The van der Waals surface area contributed by atoms with E-state index >= 15 is 0 Å². The number of phenols is 1. The Balaban J connectivity index is 1.26. The van der Waals surface area contributed by atoms with Crippen LogP contribution in [0.3, 0.4) is 0 Å². The second kappa shape index (κ2) is 12.9. The van der Waals surface area contributed by atoms with Crippen LogP contribution in [0.2, 0.25) is 0 Å². The number of phenolic OH excluding ortho intramolecular Hbond substituents is 1. The number of rotatable bonds is 4. The Labute approximate surface area is 336 Å². The van der Waals surface area contributed by atoms with Crippen molar-refractivity contribution in [2.24, 2.45) is 0 Å². The molecule has 5 heteroatoms. The van der Waals surface area contributed by atoms with Crippen LogP contribution < -0.4 is 0 Å². The van der Waals surface area contributed by atoms with Gasteiger partial charge in [0, 0.05) is 44.6 Å². The van der Waals surface area contributed by atoms with E-state index in [0.29, 0.717) is 5.75 Å². The van der Waals surface area contributed by atoms with Crippen molar-refractivity contribution in [2.75, 3.05) is 0 Å². The minimum absolute atomic E-state index is 0.112. The van der Waals surface area contributed by atoms with Gasteiger partial charge in [0.05, 0.1) is 21.5 Å². The van der Waals surface area contributed by atoms with Crippen LogP contribution in [0.5, 0.6) is 5.75 Å². The summed E-state index contributed by atoms with van der Waals surface area (Å²) >= 11 is 1.61. The van der Waals surface area contributed by atoms with Crippen LogP contribution in [0, 0.1) is 0 Å². The molecule has 0 fully saturated rings. The predicted molar refractivity (Wildman–Crippen MR) is 241 cm³/mol. The van der Waals surface area contributed by atoms with Gasteiger partial charge in [0.15, 0.2) is 0 Å². The first-order valence-electron chi connectivity index (χ1n) is 19.5. The summed E-state index contributed by atoms with van der Waals surface area (Å²) in [5.41, 5.74) is 11.1. The molecule has 0 atom stereocenters. The number of hydrogen-bond acceptors (Lipinski definition) is 5. The molecular weight excluding hydrogens is 717 g/mol. The Bertz CT molecular complexity index is 3210. The van der Waals surface area contributed by atoms with Crippen LogP contribution in [0.25, 0.3) is 97.8 Å². The summed E-state index contributed by atoms with van der Waals surface area (Å²) in [6.45, 7) is 13.1. The molecule has 1 N–H and O–H groups in total. The van der Waals surface area contributed by atoms with Crippen LogP contribution in [0.1, 0.15) is 52.7 Å². The third-order valence-electron chi connectivity index (χ3n) is 11.3. The number of fused-ring (bicyclic) bond motifs is 8. The summed E-state index contributed by atoms with van der Waals surface area (Å²) in [4.78, 5) is 10.3. The lowest BCUT2D eigenvalue weighted by Crippen LogP contribution is -2.17. The molecule has 0 aliphatic carbocycles. The zero-order chi connectivity index (χ0) is 39.2. The highest BCUT2D eigenvalue weighted by Crippen LogP contribution is 2.48. The highest BCUT2D eigenvalue weighted by Gasteiger charge is 2.27. The number of benzene rings is 7. The highest BCUT2D eigenvalue weighted by molar-refractivity contribution is 7.21. The second-order valence-electron chi connectivity index (χ2n) is 17.2. The molecule has 10 aromatic rings. The van der Waals surface area contributed by atoms with Crippen LogP contribution in [0.4, 0.5) is 0 Å². The van der Waals surface area contributed by atoms with Crippen molar-refractivity contribution < 1.29 is 9.52 Å². The average molecular weight is 759 g/mol. The maximum atomic E-state index is 11.9. The molecule has 0 spiro atoms. The van der Waals surface area contributed by atoms with E-state index in [1.54, 1.807) is 11.3 Å². The number of thiazole rings is 1. The van der Waals surface area contributed by atoms with Gasteiger partial charge < -0.3 is 9.52 Å². The number of aromatic hydroxyl groups is 1. The molecule has 0 bridgehead atoms. The summed E-state index contributed by atoms with van der Waals surface area (Å²) in [5.74, 6) is 0.293. The molecule has 3 heterocycles. The van der Waals surface area contributed by atoms with E-state index in [-0.39, 0.29) is 10.8 Å². The number of nitrogens with zero attached hydrogens (tertiary/aromatic N) is 2. The summed E-state index contributed by atoms with van der Waals surface area (Å²) in [6.07, 6.45) is 1.89. The lowest BCUT2D eigenvalue weighted by atomic mass is 9.79. The third kappa shape index (κ3) is 5.88. The molecule has 57 heavy (non-hydrogen) atoms. The van der Waals surface area contributed by atoms with E-state index < -0.39 is 0 Å². The van der Waals surface area contributed by atoms with Gasteiger partial charge in [0.25, 0.3) is 0 Å². The zero-order valence-electron chi connectivity index (χ0n) is 32.9. The van der Waals surface area contributed by atoms with E-state index in [2.05, 4.69) is 169 Å². The molecule has 0 saturated heterocycles. The van der Waals surface area contributed by atoms with Crippen molar-refractivity contribution in [3.8, 4) is 49.8 Å². The van der Waals surface area contributed by atoms with Gasteiger partial charge in [-0.05, 0) is 86.1 Å². The highest BCUT2D eigenvalue weighted by atomic mass is 32.1. The molecule has 0 aliphatic rings. The Morgan fingerprint density at radius 2 is 1.33 bits per heavy atom. The second-order valence-corrected chi connectivity index (χ2v) is 18.2. The van der Waals surface area contributed by atoms with Crippen molar-refractivity contribution in [3.63, 3.8) is 0 Å². The topological polar surface area (TPSA) is 59.2 Å². The van der Waals surface area contributed by atoms with Crippen molar-refractivity contribution in [1.29, 1.82) is 0 Å². The van der Waals surface area contributed by atoms with Gasteiger partial charge in [0.1, 0.15) is 21.9 Å². The first-order valence-corrected chi connectivity index (χ1v) is 20.3. The van der Waals surface area contributed by atoms with Gasteiger partial charge in [-0.3, -0.25) is 4.98 Å².